The number of nitrogens with zero attached hydrogens (tertiary/aromatic N) is 4. The molecule has 1 atom stereocenters. The standard InChI is InChI=1S/C16H24N6OS/c1-17-16(18-8-7-13-4-3-9-24-13)19-12-5-6-15-20-14(11-23-2)21-22(15)10-12/h3-4,9,12H,5-8,10-11H2,1-2H3,(H2,17,18,19). The molecule has 0 amide bonds. The minimum absolute atomic E-state index is 0.308. The Kier molecular flexibility index (Phi) is 5.81. The molecule has 130 valence electrons. The van der Waals surface area contributed by atoms with E-state index in [0.29, 0.717) is 12.6 Å². The Bertz CT molecular complexity index is 666. The van der Waals surface area contributed by atoms with Crippen molar-refractivity contribution < 1.29 is 4.74 Å². The zero-order valence-electron chi connectivity index (χ0n) is 14.2. The number of guanidine groups is 1. The predicted octanol–water partition coefficient (Wildman–Crippen LogP) is 1.21. The van der Waals surface area contributed by atoms with Crippen LogP contribution in [0.15, 0.2) is 22.5 Å². The van der Waals surface area contributed by atoms with Gasteiger partial charge in [-0.25, -0.2) is 9.67 Å². The topological polar surface area (TPSA) is 76.4 Å². The summed E-state index contributed by atoms with van der Waals surface area (Å²) in [7, 11) is 3.47. The van der Waals surface area contributed by atoms with Crippen LogP contribution in [-0.2, 0) is 30.7 Å². The van der Waals surface area contributed by atoms with Crippen molar-refractivity contribution in [3.63, 3.8) is 0 Å². The third kappa shape index (κ3) is 4.33. The SMILES string of the molecule is CN=C(NCCc1cccs1)NC1CCc2nc(COC)nn2C1. The largest absolute Gasteiger partial charge is 0.377 e. The van der Waals surface area contributed by atoms with E-state index in [4.69, 9.17) is 4.74 Å². The number of ether oxygens (including phenoxy) is 1. The van der Waals surface area contributed by atoms with Crippen molar-refractivity contribution in [2.75, 3.05) is 20.7 Å². The Morgan fingerprint density at radius 1 is 1.54 bits per heavy atom. The Morgan fingerprint density at radius 3 is 3.21 bits per heavy atom. The van der Waals surface area contributed by atoms with Crippen LogP contribution in [0, 0.1) is 0 Å². The normalized spacial score (nSPS) is 17.6. The molecule has 0 aromatic carbocycles. The first kappa shape index (κ1) is 16.9. The highest BCUT2D eigenvalue weighted by atomic mass is 32.1. The van der Waals surface area contributed by atoms with E-state index < -0.39 is 0 Å². The minimum Gasteiger partial charge on any atom is -0.377 e. The van der Waals surface area contributed by atoms with E-state index in [0.717, 1.165) is 50.0 Å². The van der Waals surface area contributed by atoms with Crippen molar-refractivity contribution in [3.8, 4) is 0 Å². The molecule has 2 aromatic heterocycles. The number of hydrogen-bond donors (Lipinski definition) is 2. The van der Waals surface area contributed by atoms with Crippen LogP contribution in [0.1, 0.15) is 22.9 Å². The van der Waals surface area contributed by atoms with Gasteiger partial charge in [-0.3, -0.25) is 4.99 Å². The highest BCUT2D eigenvalue weighted by molar-refractivity contribution is 7.09. The number of hydrogen-bond acceptors (Lipinski definition) is 5. The summed E-state index contributed by atoms with van der Waals surface area (Å²) in [5.41, 5.74) is 0. The maximum absolute atomic E-state index is 5.11. The summed E-state index contributed by atoms with van der Waals surface area (Å²) in [5.74, 6) is 2.64. The quantitative estimate of drug-likeness (QED) is 0.606. The van der Waals surface area contributed by atoms with Crippen LogP contribution in [0.2, 0.25) is 0 Å². The highest BCUT2D eigenvalue weighted by Gasteiger charge is 2.22. The molecule has 0 aliphatic carbocycles. The van der Waals surface area contributed by atoms with Gasteiger partial charge >= 0.3 is 0 Å². The molecule has 3 heterocycles. The maximum atomic E-state index is 5.11. The average Bonchev–Trinajstić information content (AvgIpc) is 3.23. The fourth-order valence-electron chi connectivity index (χ4n) is 2.82. The predicted molar refractivity (Wildman–Crippen MR) is 95.4 cm³/mol. The summed E-state index contributed by atoms with van der Waals surface area (Å²) in [6.07, 6.45) is 2.95. The van der Waals surface area contributed by atoms with E-state index in [9.17, 15) is 0 Å². The van der Waals surface area contributed by atoms with E-state index in [-0.39, 0.29) is 0 Å². The smallest absolute Gasteiger partial charge is 0.191 e. The van der Waals surface area contributed by atoms with Crippen molar-refractivity contribution >= 4 is 17.3 Å². The zero-order chi connectivity index (χ0) is 16.8. The molecule has 0 saturated heterocycles. The van der Waals surface area contributed by atoms with Crippen LogP contribution in [-0.4, -0.2) is 47.5 Å². The Morgan fingerprint density at radius 2 is 2.46 bits per heavy atom. The summed E-state index contributed by atoms with van der Waals surface area (Å²) in [6.45, 7) is 2.14. The van der Waals surface area contributed by atoms with Gasteiger partial charge in [-0.05, 0) is 24.3 Å². The van der Waals surface area contributed by atoms with Crippen molar-refractivity contribution in [2.45, 2.75) is 38.5 Å². The van der Waals surface area contributed by atoms with Gasteiger partial charge < -0.3 is 15.4 Å². The molecular weight excluding hydrogens is 324 g/mol. The second-order valence-electron chi connectivity index (χ2n) is 5.77. The molecule has 3 rings (SSSR count). The van der Waals surface area contributed by atoms with Crippen LogP contribution in [0.3, 0.4) is 0 Å². The van der Waals surface area contributed by atoms with Crippen molar-refractivity contribution in [3.05, 3.63) is 34.0 Å². The van der Waals surface area contributed by atoms with Gasteiger partial charge in [-0.2, -0.15) is 5.10 Å². The molecule has 2 aromatic rings. The number of aliphatic imine (C=N–C) groups is 1. The fraction of sp³-hybridized carbons (Fsp3) is 0.562. The molecule has 1 aliphatic rings. The van der Waals surface area contributed by atoms with Crippen molar-refractivity contribution in [2.24, 2.45) is 4.99 Å². The van der Waals surface area contributed by atoms with Crippen LogP contribution in [0.25, 0.3) is 0 Å². The second-order valence-corrected chi connectivity index (χ2v) is 6.80. The van der Waals surface area contributed by atoms with Gasteiger partial charge in [-0.1, -0.05) is 6.07 Å². The average molecular weight is 348 g/mol. The van der Waals surface area contributed by atoms with Crippen LogP contribution in [0.5, 0.6) is 0 Å². The summed E-state index contributed by atoms with van der Waals surface area (Å²) in [5, 5.41) is 13.5. The lowest BCUT2D eigenvalue weighted by Crippen LogP contribution is -2.47. The monoisotopic (exact) mass is 348 g/mol. The van der Waals surface area contributed by atoms with E-state index in [1.807, 2.05) is 4.68 Å². The summed E-state index contributed by atoms with van der Waals surface area (Å²) < 4.78 is 7.09. The molecule has 0 bridgehead atoms. The van der Waals surface area contributed by atoms with E-state index in [1.165, 1.54) is 4.88 Å². The van der Waals surface area contributed by atoms with Gasteiger partial charge in [0.15, 0.2) is 11.8 Å². The maximum Gasteiger partial charge on any atom is 0.191 e. The van der Waals surface area contributed by atoms with Crippen LogP contribution in [0.4, 0.5) is 0 Å². The summed E-state index contributed by atoms with van der Waals surface area (Å²) >= 11 is 1.79. The number of aryl methyl sites for hydroxylation is 1. The van der Waals surface area contributed by atoms with Crippen LogP contribution >= 0.6 is 11.3 Å². The fourth-order valence-corrected chi connectivity index (χ4v) is 3.52. The molecule has 7 nitrogen and oxygen atoms in total. The molecule has 1 aliphatic heterocycles. The van der Waals surface area contributed by atoms with Crippen molar-refractivity contribution in [1.29, 1.82) is 0 Å². The molecule has 2 N–H and O–H groups in total. The number of nitrogens with one attached hydrogen (secondary N) is 2. The number of methoxy groups -OCH3 is 1. The third-order valence-electron chi connectivity index (χ3n) is 3.98. The zero-order valence-corrected chi connectivity index (χ0v) is 15.0. The number of rotatable bonds is 6. The van der Waals surface area contributed by atoms with E-state index in [1.54, 1.807) is 25.5 Å². The van der Waals surface area contributed by atoms with Crippen molar-refractivity contribution in [1.82, 2.24) is 25.4 Å². The second kappa shape index (κ2) is 8.25. The molecule has 8 heteroatoms. The summed E-state index contributed by atoms with van der Waals surface area (Å²) in [6, 6.07) is 4.55. The van der Waals surface area contributed by atoms with Gasteiger partial charge in [0.25, 0.3) is 0 Å². The Hall–Kier alpha value is -1.93. The molecule has 1 unspecified atom stereocenters. The van der Waals surface area contributed by atoms with E-state index >= 15 is 0 Å². The van der Waals surface area contributed by atoms with E-state index in [2.05, 4.69) is 43.2 Å². The highest BCUT2D eigenvalue weighted by Crippen LogP contribution is 2.13. The molecule has 24 heavy (non-hydrogen) atoms. The van der Waals surface area contributed by atoms with Gasteiger partial charge in [-0.15, -0.1) is 11.3 Å². The first-order chi connectivity index (χ1) is 11.8. The molecule has 0 fully saturated rings. The number of fused-ring (bicyclic) bond motifs is 1. The van der Waals surface area contributed by atoms with Gasteiger partial charge in [0.2, 0.25) is 0 Å². The molecular formula is C16H24N6OS. The lowest BCUT2D eigenvalue weighted by Gasteiger charge is -2.25. The number of aromatic nitrogens is 3. The third-order valence-corrected chi connectivity index (χ3v) is 4.92. The van der Waals surface area contributed by atoms with Gasteiger partial charge in [0.1, 0.15) is 12.4 Å². The molecule has 0 radical (unpaired) electrons. The number of thiophene rings is 1. The molecule has 0 spiro atoms. The van der Waals surface area contributed by atoms with Gasteiger partial charge in [0.05, 0.1) is 6.54 Å². The minimum atomic E-state index is 0.308. The Balaban J connectivity index is 1.49. The lowest BCUT2D eigenvalue weighted by atomic mass is 10.1. The van der Waals surface area contributed by atoms with Crippen LogP contribution < -0.4 is 10.6 Å². The lowest BCUT2D eigenvalue weighted by molar-refractivity contribution is 0.177. The first-order valence-electron chi connectivity index (χ1n) is 8.19. The van der Waals surface area contributed by atoms with Gasteiger partial charge in [0, 0.05) is 38.0 Å². The Labute approximate surface area is 146 Å². The first-order valence-corrected chi connectivity index (χ1v) is 9.07. The summed E-state index contributed by atoms with van der Waals surface area (Å²) in [4.78, 5) is 10.2. The molecule has 0 saturated carbocycles.